The Morgan fingerprint density at radius 3 is 2.61 bits per heavy atom. The van der Waals surface area contributed by atoms with Crippen molar-refractivity contribution in [3.8, 4) is 5.75 Å². The molecule has 4 rings (SSSR count). The number of aliphatic hydroxyl groups excluding tert-OH is 1. The molecule has 0 bridgehead atoms. The van der Waals surface area contributed by atoms with Gasteiger partial charge in [-0.1, -0.05) is 46.2 Å². The van der Waals surface area contributed by atoms with Crippen LogP contribution in [-0.2, 0) is 15.6 Å². The van der Waals surface area contributed by atoms with Crippen LogP contribution >= 0.6 is 0 Å². The van der Waals surface area contributed by atoms with Crippen molar-refractivity contribution in [3.63, 3.8) is 0 Å². The summed E-state index contributed by atoms with van der Waals surface area (Å²) in [5.41, 5.74) is 4.09. The largest absolute Gasteiger partial charge is 0.493 e. The van der Waals surface area contributed by atoms with Gasteiger partial charge in [0.05, 0.1) is 18.6 Å². The van der Waals surface area contributed by atoms with Gasteiger partial charge in [0.15, 0.2) is 0 Å². The monoisotopic (exact) mass is 448 g/mol. The second-order valence-electron chi connectivity index (χ2n) is 10.4. The second-order valence-corrected chi connectivity index (χ2v) is 10.4. The maximum absolute atomic E-state index is 13.3. The van der Waals surface area contributed by atoms with Gasteiger partial charge in [-0.25, -0.2) is 0 Å². The number of ether oxygens (including phenoxy) is 1. The molecule has 1 aliphatic carbocycles. The normalized spacial score (nSPS) is 15.9. The van der Waals surface area contributed by atoms with E-state index in [1.807, 2.05) is 44.2 Å². The summed E-state index contributed by atoms with van der Waals surface area (Å²) < 4.78 is 5.99. The first-order chi connectivity index (χ1) is 15.7. The molecule has 3 N–H and O–H groups in total. The predicted molar refractivity (Wildman–Crippen MR) is 134 cm³/mol. The van der Waals surface area contributed by atoms with Crippen LogP contribution in [0.3, 0.4) is 0 Å². The molecule has 0 radical (unpaired) electrons. The number of rotatable bonds is 9. The van der Waals surface area contributed by atoms with Crippen LogP contribution in [0.15, 0.2) is 42.5 Å². The lowest BCUT2D eigenvalue weighted by atomic mass is 9.91. The molecule has 1 aromatic heterocycles. The topological polar surface area (TPSA) is 74.3 Å². The number of hydrogen-bond acceptors (Lipinski definition) is 3. The molecule has 1 saturated carbocycles. The van der Waals surface area contributed by atoms with Gasteiger partial charge >= 0.3 is 0 Å². The molecule has 1 heterocycles. The van der Waals surface area contributed by atoms with Crippen LogP contribution in [0.4, 0.5) is 5.69 Å². The first-order valence-electron chi connectivity index (χ1n) is 12.0. The van der Waals surface area contributed by atoms with Crippen LogP contribution in [0.2, 0.25) is 0 Å². The number of H-pyrrole nitrogens is 1. The van der Waals surface area contributed by atoms with E-state index in [2.05, 4.69) is 43.2 Å². The van der Waals surface area contributed by atoms with Crippen LogP contribution in [0, 0.1) is 12.8 Å². The van der Waals surface area contributed by atoms with Gasteiger partial charge < -0.3 is 20.1 Å². The lowest BCUT2D eigenvalue weighted by Crippen LogP contribution is -2.27. The SMILES string of the molecule is CCC(C)COc1ccc(C2(C(=O)Nc3ccc4[nH]c(C(C)(C)CO)cc4c3)CC2)cc1C. The van der Waals surface area contributed by atoms with Gasteiger partial charge in [-0.05, 0) is 67.1 Å². The fourth-order valence-electron chi connectivity index (χ4n) is 4.14. The molecular weight excluding hydrogens is 412 g/mol. The van der Waals surface area contributed by atoms with E-state index in [1.54, 1.807) is 0 Å². The number of aliphatic hydroxyl groups is 1. The zero-order valence-corrected chi connectivity index (χ0v) is 20.4. The average Bonchev–Trinajstić information content (AvgIpc) is 3.50. The predicted octanol–water partition coefficient (Wildman–Crippen LogP) is 5.84. The Bertz CT molecular complexity index is 1160. The Hall–Kier alpha value is -2.79. The Morgan fingerprint density at radius 1 is 1.21 bits per heavy atom. The number of amides is 1. The lowest BCUT2D eigenvalue weighted by molar-refractivity contribution is -0.118. The van der Waals surface area contributed by atoms with Gasteiger partial charge in [0, 0.05) is 27.7 Å². The quantitative estimate of drug-likeness (QED) is 0.385. The van der Waals surface area contributed by atoms with Crippen molar-refractivity contribution >= 4 is 22.5 Å². The molecule has 1 amide bonds. The van der Waals surface area contributed by atoms with Crippen molar-refractivity contribution in [2.24, 2.45) is 5.92 Å². The molecule has 1 unspecified atom stereocenters. The molecule has 1 aliphatic rings. The summed E-state index contributed by atoms with van der Waals surface area (Å²) in [6.45, 7) is 11.2. The number of anilines is 1. The summed E-state index contributed by atoms with van der Waals surface area (Å²) in [5.74, 6) is 1.46. The molecule has 176 valence electrons. The minimum Gasteiger partial charge on any atom is -0.493 e. The summed E-state index contributed by atoms with van der Waals surface area (Å²) in [6.07, 6.45) is 2.80. The molecule has 1 atom stereocenters. The van der Waals surface area contributed by atoms with E-state index in [9.17, 15) is 9.90 Å². The highest BCUT2D eigenvalue weighted by Gasteiger charge is 2.51. The maximum Gasteiger partial charge on any atom is 0.235 e. The number of nitrogens with one attached hydrogen (secondary N) is 2. The van der Waals surface area contributed by atoms with Gasteiger partial charge in [-0.15, -0.1) is 0 Å². The minimum atomic E-state index is -0.461. The van der Waals surface area contributed by atoms with E-state index in [-0.39, 0.29) is 17.9 Å². The number of aromatic nitrogens is 1. The first-order valence-corrected chi connectivity index (χ1v) is 12.0. The molecule has 5 heteroatoms. The van der Waals surface area contributed by atoms with Gasteiger partial charge in [0.1, 0.15) is 5.75 Å². The summed E-state index contributed by atoms with van der Waals surface area (Å²) in [7, 11) is 0. The Morgan fingerprint density at radius 2 is 1.97 bits per heavy atom. The third-order valence-electron chi connectivity index (χ3n) is 7.14. The molecule has 5 nitrogen and oxygen atoms in total. The fraction of sp³-hybridized carbons (Fsp3) is 0.464. The molecular formula is C28H36N2O3. The van der Waals surface area contributed by atoms with Gasteiger partial charge in [-0.3, -0.25) is 4.79 Å². The molecule has 0 aliphatic heterocycles. The smallest absolute Gasteiger partial charge is 0.235 e. The van der Waals surface area contributed by atoms with E-state index in [1.165, 1.54) is 0 Å². The summed E-state index contributed by atoms with van der Waals surface area (Å²) in [5, 5.41) is 13.8. The van der Waals surface area contributed by atoms with Crippen molar-refractivity contribution in [2.45, 2.75) is 64.7 Å². The third-order valence-corrected chi connectivity index (χ3v) is 7.14. The van der Waals surface area contributed by atoms with E-state index >= 15 is 0 Å². The minimum absolute atomic E-state index is 0.0426. The van der Waals surface area contributed by atoms with Crippen LogP contribution in [0.5, 0.6) is 5.75 Å². The molecule has 1 fully saturated rings. The van der Waals surface area contributed by atoms with Gasteiger partial charge in [0.25, 0.3) is 0 Å². The van der Waals surface area contributed by atoms with Crippen LogP contribution in [-0.4, -0.2) is 29.2 Å². The highest BCUT2D eigenvalue weighted by atomic mass is 16.5. The number of hydrogen-bond donors (Lipinski definition) is 3. The standard InChI is InChI=1S/C28H36N2O3/c1-6-18(2)16-33-24-10-7-21(13-19(24)3)28(11-12-28)26(32)29-22-8-9-23-20(14-22)15-25(30-23)27(4,5)17-31/h7-10,13-15,18,30-31H,6,11-12,16-17H2,1-5H3,(H,29,32). The van der Waals surface area contributed by atoms with E-state index in [4.69, 9.17) is 4.74 Å². The van der Waals surface area contributed by atoms with E-state index < -0.39 is 5.41 Å². The molecule has 33 heavy (non-hydrogen) atoms. The highest BCUT2D eigenvalue weighted by molar-refractivity contribution is 6.02. The third kappa shape index (κ3) is 4.65. The zero-order valence-electron chi connectivity index (χ0n) is 20.4. The van der Waals surface area contributed by atoms with E-state index in [0.29, 0.717) is 12.5 Å². The number of carbonyl (C=O) groups is 1. The number of aryl methyl sites for hydroxylation is 1. The fourth-order valence-corrected chi connectivity index (χ4v) is 4.14. The first kappa shape index (κ1) is 23.4. The number of carbonyl (C=O) groups excluding carboxylic acids is 1. The molecule has 0 spiro atoms. The summed E-state index contributed by atoms with van der Waals surface area (Å²) >= 11 is 0. The van der Waals surface area contributed by atoms with Crippen molar-refractivity contribution in [1.29, 1.82) is 0 Å². The van der Waals surface area contributed by atoms with Crippen molar-refractivity contribution < 1.29 is 14.6 Å². The number of benzene rings is 2. The Balaban J connectivity index is 1.50. The Labute approximate surface area is 196 Å². The van der Waals surface area contributed by atoms with Crippen molar-refractivity contribution in [2.75, 3.05) is 18.5 Å². The number of fused-ring (bicyclic) bond motifs is 1. The van der Waals surface area contributed by atoms with Crippen molar-refractivity contribution in [1.82, 2.24) is 4.98 Å². The second kappa shape index (κ2) is 8.86. The maximum atomic E-state index is 13.3. The van der Waals surface area contributed by atoms with Gasteiger partial charge in [-0.2, -0.15) is 0 Å². The van der Waals surface area contributed by atoms with Gasteiger partial charge in [0.2, 0.25) is 5.91 Å². The average molecular weight is 449 g/mol. The van der Waals surface area contributed by atoms with E-state index in [0.717, 1.165) is 58.4 Å². The lowest BCUT2D eigenvalue weighted by Gasteiger charge is -2.19. The zero-order chi connectivity index (χ0) is 23.8. The number of aromatic amines is 1. The molecule has 2 aromatic carbocycles. The molecule has 3 aromatic rings. The molecule has 0 saturated heterocycles. The van der Waals surface area contributed by atoms with Crippen LogP contribution in [0.1, 0.15) is 63.8 Å². The summed E-state index contributed by atoms with van der Waals surface area (Å²) in [6, 6.07) is 14.1. The summed E-state index contributed by atoms with van der Waals surface area (Å²) in [4.78, 5) is 16.7. The van der Waals surface area contributed by atoms with Crippen molar-refractivity contribution in [3.05, 3.63) is 59.3 Å². The van der Waals surface area contributed by atoms with Crippen LogP contribution < -0.4 is 10.1 Å². The van der Waals surface area contributed by atoms with Crippen LogP contribution in [0.25, 0.3) is 10.9 Å². The highest BCUT2D eigenvalue weighted by Crippen LogP contribution is 2.49. The Kier molecular flexibility index (Phi) is 6.28.